The number of hydrogen-bond donors (Lipinski definition) is 2. The van der Waals surface area contributed by atoms with Crippen LogP contribution < -0.4 is 4.72 Å². The number of sulfonamides is 1. The molecule has 2 heterocycles. The zero-order valence-corrected chi connectivity index (χ0v) is 11.2. The number of aryl methyl sites for hydroxylation is 1. The Bertz CT molecular complexity index is 630. The molecule has 18 heavy (non-hydrogen) atoms. The minimum absolute atomic E-state index is 0.0316. The predicted molar refractivity (Wildman–Crippen MR) is 65.5 cm³/mol. The lowest BCUT2D eigenvalue weighted by Crippen LogP contribution is -2.23. The van der Waals surface area contributed by atoms with Gasteiger partial charge in [0.1, 0.15) is 0 Å². The smallest absolute Gasteiger partial charge is 0.242 e. The molecule has 0 unspecified atom stereocenters. The zero-order valence-electron chi connectivity index (χ0n) is 9.58. The van der Waals surface area contributed by atoms with E-state index in [1.54, 1.807) is 18.4 Å². The third-order valence-electron chi connectivity index (χ3n) is 2.25. The summed E-state index contributed by atoms with van der Waals surface area (Å²) in [4.78, 5) is 0.516. The van der Waals surface area contributed by atoms with E-state index in [-0.39, 0.29) is 18.0 Å². The Hall–Kier alpha value is -1.22. The molecule has 0 saturated carbocycles. The molecular formula is C10H12N2O4S2. The van der Waals surface area contributed by atoms with Crippen LogP contribution in [0.3, 0.4) is 0 Å². The van der Waals surface area contributed by atoms with Crippen molar-refractivity contribution in [2.45, 2.75) is 25.0 Å². The largest absolute Gasteiger partial charge is 0.391 e. The third kappa shape index (κ3) is 2.78. The number of aliphatic hydroxyl groups is 1. The Morgan fingerprint density at radius 1 is 1.56 bits per heavy atom. The van der Waals surface area contributed by atoms with Gasteiger partial charge in [-0.2, -0.15) is 0 Å². The van der Waals surface area contributed by atoms with Gasteiger partial charge in [-0.25, -0.2) is 13.1 Å². The number of nitrogens with zero attached hydrogens (tertiary/aromatic N) is 1. The normalized spacial score (nSPS) is 11.9. The Morgan fingerprint density at radius 3 is 2.94 bits per heavy atom. The molecule has 6 nitrogen and oxygen atoms in total. The summed E-state index contributed by atoms with van der Waals surface area (Å²) in [6.07, 6.45) is 0. The number of nitrogens with one attached hydrogen (secondary N) is 1. The molecule has 8 heteroatoms. The molecule has 0 aromatic carbocycles. The van der Waals surface area contributed by atoms with Gasteiger partial charge in [-0.15, -0.1) is 11.3 Å². The van der Waals surface area contributed by atoms with E-state index >= 15 is 0 Å². The van der Waals surface area contributed by atoms with Gasteiger partial charge in [0, 0.05) is 10.9 Å². The first-order valence-electron chi connectivity index (χ1n) is 5.12. The molecule has 0 aliphatic rings. The Morgan fingerprint density at radius 2 is 2.33 bits per heavy atom. The van der Waals surface area contributed by atoms with Crippen molar-refractivity contribution in [1.29, 1.82) is 0 Å². The topological polar surface area (TPSA) is 92.4 Å². The van der Waals surface area contributed by atoms with E-state index in [9.17, 15) is 8.42 Å². The van der Waals surface area contributed by atoms with E-state index < -0.39 is 10.0 Å². The van der Waals surface area contributed by atoms with Crippen LogP contribution >= 0.6 is 11.3 Å². The van der Waals surface area contributed by atoms with Crippen molar-refractivity contribution in [3.8, 4) is 0 Å². The first kappa shape index (κ1) is 13.2. The standard InChI is InChI=1S/C10H12N2O4S2/c1-7-4-8(16-12-7)5-11-18(14,15)10-2-3-17-9(10)6-13/h2-4,11,13H,5-6H2,1H3. The lowest BCUT2D eigenvalue weighted by molar-refractivity contribution is 0.282. The molecule has 0 atom stereocenters. The fraction of sp³-hybridized carbons (Fsp3) is 0.300. The number of thiophene rings is 1. The molecule has 2 aromatic rings. The minimum Gasteiger partial charge on any atom is -0.391 e. The van der Waals surface area contributed by atoms with E-state index in [1.807, 2.05) is 0 Å². The van der Waals surface area contributed by atoms with Crippen LogP contribution in [-0.4, -0.2) is 18.7 Å². The maximum Gasteiger partial charge on any atom is 0.242 e. The van der Waals surface area contributed by atoms with E-state index in [2.05, 4.69) is 9.88 Å². The highest BCUT2D eigenvalue weighted by atomic mass is 32.2. The molecule has 98 valence electrons. The van der Waals surface area contributed by atoms with Gasteiger partial charge in [0.2, 0.25) is 10.0 Å². The van der Waals surface area contributed by atoms with Crippen LogP contribution in [0.15, 0.2) is 26.9 Å². The molecule has 0 bridgehead atoms. The van der Waals surface area contributed by atoms with Gasteiger partial charge in [-0.05, 0) is 18.4 Å². The van der Waals surface area contributed by atoms with Crippen LogP contribution in [0.2, 0.25) is 0 Å². The summed E-state index contributed by atoms with van der Waals surface area (Å²) in [7, 11) is -3.64. The summed E-state index contributed by atoms with van der Waals surface area (Å²) in [6.45, 7) is 1.49. The van der Waals surface area contributed by atoms with Gasteiger partial charge < -0.3 is 9.63 Å². The number of aliphatic hydroxyl groups excluding tert-OH is 1. The van der Waals surface area contributed by atoms with E-state index in [4.69, 9.17) is 9.63 Å². The zero-order chi connectivity index (χ0) is 13.2. The lowest BCUT2D eigenvalue weighted by atomic mass is 10.4. The van der Waals surface area contributed by atoms with Crippen LogP contribution in [-0.2, 0) is 23.2 Å². The molecule has 2 N–H and O–H groups in total. The van der Waals surface area contributed by atoms with Crippen molar-refractivity contribution in [3.05, 3.63) is 33.8 Å². The fourth-order valence-corrected chi connectivity index (χ4v) is 3.71. The van der Waals surface area contributed by atoms with Crippen LogP contribution in [0.1, 0.15) is 16.3 Å². The van der Waals surface area contributed by atoms with Crippen molar-refractivity contribution in [2.75, 3.05) is 0 Å². The molecule has 2 rings (SSSR count). The predicted octanol–water partition coefficient (Wildman–Crippen LogP) is 1.02. The molecule has 0 aliphatic carbocycles. The first-order chi connectivity index (χ1) is 8.53. The van der Waals surface area contributed by atoms with E-state index in [0.29, 0.717) is 16.3 Å². The molecule has 0 fully saturated rings. The number of rotatable bonds is 5. The average Bonchev–Trinajstić information content (AvgIpc) is 2.95. The highest BCUT2D eigenvalue weighted by Gasteiger charge is 2.19. The van der Waals surface area contributed by atoms with E-state index in [1.165, 1.54) is 17.4 Å². The van der Waals surface area contributed by atoms with Crippen LogP contribution in [0.25, 0.3) is 0 Å². The van der Waals surface area contributed by atoms with Crippen molar-refractivity contribution >= 4 is 21.4 Å². The van der Waals surface area contributed by atoms with Gasteiger partial charge in [0.25, 0.3) is 0 Å². The molecule has 0 spiro atoms. The fourth-order valence-electron chi connectivity index (χ4n) is 1.43. The summed E-state index contributed by atoms with van der Waals surface area (Å²) in [6, 6.07) is 3.12. The summed E-state index contributed by atoms with van der Waals surface area (Å²) in [5.41, 5.74) is 0.691. The molecule has 0 saturated heterocycles. The number of aromatic nitrogens is 1. The third-order valence-corrected chi connectivity index (χ3v) is 4.77. The van der Waals surface area contributed by atoms with Crippen LogP contribution in [0, 0.1) is 6.92 Å². The van der Waals surface area contributed by atoms with Gasteiger partial charge >= 0.3 is 0 Å². The molecule has 0 radical (unpaired) electrons. The molecule has 0 aliphatic heterocycles. The van der Waals surface area contributed by atoms with Crippen molar-refractivity contribution in [2.24, 2.45) is 0 Å². The maximum absolute atomic E-state index is 12.0. The Kier molecular flexibility index (Phi) is 3.81. The first-order valence-corrected chi connectivity index (χ1v) is 7.48. The minimum atomic E-state index is -3.64. The second-order valence-corrected chi connectivity index (χ2v) is 6.36. The lowest BCUT2D eigenvalue weighted by Gasteiger charge is -2.04. The summed E-state index contributed by atoms with van der Waals surface area (Å²) < 4.78 is 31.3. The summed E-state index contributed by atoms with van der Waals surface area (Å²) >= 11 is 1.20. The van der Waals surface area contributed by atoms with Crippen molar-refractivity contribution in [3.63, 3.8) is 0 Å². The highest BCUT2D eigenvalue weighted by molar-refractivity contribution is 7.89. The average molecular weight is 288 g/mol. The second-order valence-electron chi connectivity index (χ2n) is 3.63. The number of hydrogen-bond acceptors (Lipinski definition) is 6. The van der Waals surface area contributed by atoms with Crippen LogP contribution in [0.5, 0.6) is 0 Å². The Balaban J connectivity index is 2.13. The monoisotopic (exact) mass is 288 g/mol. The maximum atomic E-state index is 12.0. The summed E-state index contributed by atoms with van der Waals surface area (Å²) in [5.74, 6) is 0.442. The van der Waals surface area contributed by atoms with Gasteiger partial charge in [0.05, 0.1) is 23.7 Å². The highest BCUT2D eigenvalue weighted by Crippen LogP contribution is 2.21. The van der Waals surface area contributed by atoms with Crippen LogP contribution in [0.4, 0.5) is 0 Å². The van der Waals surface area contributed by atoms with Gasteiger partial charge in [-0.3, -0.25) is 0 Å². The molecule has 2 aromatic heterocycles. The van der Waals surface area contributed by atoms with Gasteiger partial charge in [0.15, 0.2) is 5.76 Å². The molecule has 0 amide bonds. The molecular weight excluding hydrogens is 276 g/mol. The van der Waals surface area contributed by atoms with Crippen molar-refractivity contribution < 1.29 is 18.0 Å². The van der Waals surface area contributed by atoms with E-state index in [0.717, 1.165) is 0 Å². The van der Waals surface area contributed by atoms with Gasteiger partial charge in [-0.1, -0.05) is 5.16 Å². The van der Waals surface area contributed by atoms with Crippen molar-refractivity contribution in [1.82, 2.24) is 9.88 Å². The second kappa shape index (κ2) is 5.19. The summed E-state index contributed by atoms with van der Waals surface area (Å²) in [5, 5.41) is 14.3. The quantitative estimate of drug-likeness (QED) is 0.856. The Labute approximate surface area is 108 Å². The SMILES string of the molecule is Cc1cc(CNS(=O)(=O)c2ccsc2CO)on1.